The number of amides is 1. The number of rotatable bonds is 4. The summed E-state index contributed by atoms with van der Waals surface area (Å²) < 4.78 is 37.2. The van der Waals surface area contributed by atoms with E-state index in [1.807, 2.05) is 0 Å². The average Bonchev–Trinajstić information content (AvgIpc) is 2.62. The van der Waals surface area contributed by atoms with Gasteiger partial charge in [-0.1, -0.05) is 12.1 Å². The van der Waals surface area contributed by atoms with E-state index in [0.29, 0.717) is 18.4 Å². The minimum atomic E-state index is -3.74. The van der Waals surface area contributed by atoms with E-state index in [1.54, 1.807) is 0 Å². The van der Waals surface area contributed by atoms with E-state index < -0.39 is 44.9 Å². The molecule has 0 spiro atoms. The quantitative estimate of drug-likeness (QED) is 0.570. The summed E-state index contributed by atoms with van der Waals surface area (Å²) in [4.78, 5) is 16.3. The number of hydrogen-bond donors (Lipinski definition) is 2. The summed E-state index contributed by atoms with van der Waals surface area (Å²) in [5, 5.41) is 26.0. The fraction of sp³-hybridized carbons (Fsp3) is 0.412. The Morgan fingerprint density at radius 3 is 2.71 bits per heavy atom. The van der Waals surface area contributed by atoms with Crippen molar-refractivity contribution in [1.82, 2.24) is 9.62 Å². The number of carbonyl (C=O) groups excluding carboxylic acids is 1. The van der Waals surface area contributed by atoms with Crippen LogP contribution in [0, 0.1) is 11.0 Å². The summed E-state index contributed by atoms with van der Waals surface area (Å²) in [6.45, 7) is 0.103. The number of quaternary nitrogens is 1. The highest BCUT2D eigenvalue weighted by atomic mass is 32.3. The first-order chi connectivity index (χ1) is 13.1. The second-order valence-corrected chi connectivity index (χ2v) is 8.85. The van der Waals surface area contributed by atoms with Gasteiger partial charge in [0.2, 0.25) is 6.17 Å². The zero-order valence-electron chi connectivity index (χ0n) is 15.2. The molecule has 0 aromatic heterocycles. The molecule has 0 radical (unpaired) electrons. The number of carbonyl (C=O) groups is 1. The molecule has 3 rings (SSSR count). The Balaban J connectivity index is 1.79. The number of likely N-dealkylation sites (N-methyl/N-ethyl adjacent to an activating group) is 1. The number of aliphatic hydroxyl groups is 1. The minimum Gasteiger partial charge on any atom is -0.787 e. The summed E-state index contributed by atoms with van der Waals surface area (Å²) in [5.41, 5.74) is 0.611. The lowest BCUT2D eigenvalue weighted by Crippen LogP contribution is -2.65. The predicted molar refractivity (Wildman–Crippen MR) is 99.7 cm³/mol. The van der Waals surface area contributed by atoms with Crippen molar-refractivity contribution >= 4 is 22.5 Å². The van der Waals surface area contributed by atoms with Gasteiger partial charge in [-0.05, 0) is 36.3 Å². The van der Waals surface area contributed by atoms with Gasteiger partial charge in [-0.25, -0.2) is 8.70 Å². The van der Waals surface area contributed by atoms with Crippen LogP contribution >= 0.6 is 10.8 Å². The molecule has 9 nitrogen and oxygen atoms in total. The molecular formula is C17H21FN4O5S-2. The van der Waals surface area contributed by atoms with Gasteiger partial charge in [0, 0.05) is 13.1 Å². The van der Waals surface area contributed by atoms with E-state index in [1.165, 1.54) is 24.3 Å². The van der Waals surface area contributed by atoms with Crippen LogP contribution in [0.4, 0.5) is 4.39 Å². The van der Waals surface area contributed by atoms with Gasteiger partial charge in [0.1, 0.15) is 5.82 Å². The molecule has 0 bridgehead atoms. The summed E-state index contributed by atoms with van der Waals surface area (Å²) >= 11 is 0. The van der Waals surface area contributed by atoms with Crippen molar-refractivity contribution < 1.29 is 28.0 Å². The third kappa shape index (κ3) is 4.04. The van der Waals surface area contributed by atoms with Gasteiger partial charge >= 0.3 is 5.91 Å². The predicted octanol–water partition coefficient (Wildman–Crippen LogP) is 1.60. The van der Waals surface area contributed by atoms with Crippen molar-refractivity contribution in [3.05, 3.63) is 52.8 Å². The topological polar surface area (TPSA) is 134 Å². The second kappa shape index (κ2) is 7.78. The molecule has 2 N–H and O–H groups in total. The van der Waals surface area contributed by atoms with Crippen molar-refractivity contribution in [3.8, 4) is 0 Å². The van der Waals surface area contributed by atoms with Crippen LogP contribution in [0.1, 0.15) is 18.4 Å². The van der Waals surface area contributed by atoms with E-state index in [4.69, 9.17) is 0 Å². The van der Waals surface area contributed by atoms with Gasteiger partial charge in [-0.3, -0.25) is 9.44 Å². The summed E-state index contributed by atoms with van der Waals surface area (Å²) in [7, 11) is -2.66. The van der Waals surface area contributed by atoms with E-state index in [0.717, 1.165) is 17.6 Å². The number of aliphatic imine (C=N–C) groups is 1. The normalized spacial score (nSPS) is 28.8. The molecule has 154 valence electrons. The maximum atomic E-state index is 13.3. The van der Waals surface area contributed by atoms with Crippen LogP contribution in [0.15, 0.2) is 41.2 Å². The van der Waals surface area contributed by atoms with Crippen LogP contribution in [0.2, 0.25) is 0 Å². The molecule has 1 aromatic carbocycles. The summed E-state index contributed by atoms with van der Waals surface area (Å²) in [6, 6.07) is 5.45. The molecule has 1 amide bonds. The number of sulfonamides is 1. The van der Waals surface area contributed by atoms with Gasteiger partial charge in [0.05, 0.1) is 13.2 Å². The molecule has 1 saturated heterocycles. The van der Waals surface area contributed by atoms with E-state index in [9.17, 15) is 28.6 Å². The molecule has 0 saturated carbocycles. The number of benzene rings is 1. The smallest absolute Gasteiger partial charge is 0.326 e. The largest absolute Gasteiger partial charge is 0.787 e. The molecular weight excluding hydrogens is 391 g/mol. The Labute approximate surface area is 163 Å². The molecule has 11 heteroatoms. The van der Waals surface area contributed by atoms with Gasteiger partial charge in [-0.15, -0.1) is 0 Å². The number of aliphatic hydroxyl groups excluding tert-OH is 1. The molecule has 1 aromatic rings. The van der Waals surface area contributed by atoms with Crippen molar-refractivity contribution in [2.24, 2.45) is 4.99 Å². The zero-order chi connectivity index (χ0) is 20.5. The molecule has 28 heavy (non-hydrogen) atoms. The fourth-order valence-electron chi connectivity index (χ4n) is 3.28. The fourth-order valence-corrected chi connectivity index (χ4v) is 5.08. The number of amidine groups is 1. The van der Waals surface area contributed by atoms with E-state index in [2.05, 4.69) is 10.3 Å². The number of hydroxylamine groups is 3. The van der Waals surface area contributed by atoms with Crippen molar-refractivity contribution in [1.29, 1.82) is 0 Å². The maximum absolute atomic E-state index is 13.3. The Morgan fingerprint density at radius 1 is 1.39 bits per heavy atom. The maximum Gasteiger partial charge on any atom is 0.326 e. The number of nitrogens with one attached hydrogen (secondary N) is 1. The molecule has 2 heterocycles. The highest BCUT2D eigenvalue weighted by Gasteiger charge is 2.45. The lowest BCUT2D eigenvalue weighted by atomic mass is 10.2. The molecule has 2 atom stereocenters. The highest BCUT2D eigenvalue weighted by Crippen LogP contribution is 2.50. The van der Waals surface area contributed by atoms with Crippen molar-refractivity contribution in [2.45, 2.75) is 25.6 Å². The molecule has 2 aliphatic heterocycles. The molecule has 1 fully saturated rings. The Kier molecular flexibility index (Phi) is 5.75. The monoisotopic (exact) mass is 412 g/mol. The summed E-state index contributed by atoms with van der Waals surface area (Å²) in [5.74, 6) is -2.34. The Bertz CT molecular complexity index is 812. The third-order valence-electron chi connectivity index (χ3n) is 4.70. The number of halogens is 1. The SMILES string of the molecule is C[N+]1([O-])C(C(=O)NCc2ccc(F)cc2)=NC=C(O)C1N1CCCCS1([O-])[O-]. The first-order valence-corrected chi connectivity index (χ1v) is 10.3. The van der Waals surface area contributed by atoms with Gasteiger partial charge in [0.15, 0.2) is 5.76 Å². The standard InChI is InChI=1S/C17H23FN4O5S/c1-22(25)15(16(24)20-10-12-4-6-13(18)7-5-12)19-11-14(23)17(22)21-8-2-3-9-28(21,26)27/h4-7,11,17,23,26-27H,2-3,8-10H2,1H3,(H,20,24)/p-2. The van der Waals surface area contributed by atoms with Gasteiger partial charge in [0.25, 0.3) is 5.84 Å². The van der Waals surface area contributed by atoms with Gasteiger partial charge < -0.3 is 35.5 Å². The first kappa shape index (κ1) is 20.7. The lowest BCUT2D eigenvalue weighted by Gasteiger charge is -2.71. The van der Waals surface area contributed by atoms with Crippen LogP contribution in [-0.2, 0) is 11.3 Å². The van der Waals surface area contributed by atoms with Crippen LogP contribution in [0.3, 0.4) is 0 Å². The first-order valence-electron chi connectivity index (χ1n) is 8.69. The molecule has 2 aliphatic rings. The number of nitrogens with zero attached hydrogens (tertiary/aromatic N) is 3. The van der Waals surface area contributed by atoms with Crippen LogP contribution in [0.5, 0.6) is 0 Å². The van der Waals surface area contributed by atoms with Crippen LogP contribution < -0.4 is 5.32 Å². The number of hydrogen-bond acceptors (Lipinski definition) is 7. The van der Waals surface area contributed by atoms with Crippen molar-refractivity contribution in [2.75, 3.05) is 19.3 Å². The van der Waals surface area contributed by atoms with E-state index in [-0.39, 0.29) is 18.8 Å². The van der Waals surface area contributed by atoms with E-state index >= 15 is 0 Å². The summed E-state index contributed by atoms with van der Waals surface area (Å²) in [6.07, 6.45) is 0.443. The second-order valence-electron chi connectivity index (χ2n) is 6.81. The highest BCUT2D eigenvalue weighted by molar-refractivity contribution is 8.22. The van der Waals surface area contributed by atoms with Crippen LogP contribution in [-0.4, -0.2) is 60.4 Å². The minimum absolute atomic E-state index is 0.0283. The van der Waals surface area contributed by atoms with Crippen LogP contribution in [0.25, 0.3) is 0 Å². The molecule has 2 unspecified atom stereocenters. The average molecular weight is 412 g/mol. The Morgan fingerprint density at radius 2 is 2.07 bits per heavy atom. The zero-order valence-corrected chi connectivity index (χ0v) is 16.0. The molecule has 0 aliphatic carbocycles. The van der Waals surface area contributed by atoms with Gasteiger partial charge in [-0.2, -0.15) is 4.99 Å². The third-order valence-corrected chi connectivity index (χ3v) is 6.60. The van der Waals surface area contributed by atoms with Crippen molar-refractivity contribution in [3.63, 3.8) is 0 Å². The lowest BCUT2D eigenvalue weighted by molar-refractivity contribution is -0.803. The Hall–Kier alpha value is -2.02.